The van der Waals surface area contributed by atoms with Gasteiger partial charge in [-0.05, 0) is 50.3 Å². The van der Waals surface area contributed by atoms with E-state index in [9.17, 15) is 4.79 Å². The van der Waals surface area contributed by atoms with Gasteiger partial charge >= 0.3 is 0 Å². The van der Waals surface area contributed by atoms with Gasteiger partial charge < -0.3 is 4.74 Å². The van der Waals surface area contributed by atoms with Crippen LogP contribution in [0.15, 0.2) is 30.5 Å². The lowest BCUT2D eigenvalue weighted by molar-refractivity contribution is 0.0979. The van der Waals surface area contributed by atoms with Crippen LogP contribution in [0.25, 0.3) is 10.9 Å². The van der Waals surface area contributed by atoms with Crippen molar-refractivity contribution >= 4 is 16.7 Å². The molecule has 1 heterocycles. The molecule has 0 amide bonds. The summed E-state index contributed by atoms with van der Waals surface area (Å²) in [5, 5.41) is 0.984. The summed E-state index contributed by atoms with van der Waals surface area (Å²) in [7, 11) is 0. The Balaban J connectivity index is 1.94. The van der Waals surface area contributed by atoms with Gasteiger partial charge in [0.1, 0.15) is 11.3 Å². The van der Waals surface area contributed by atoms with Gasteiger partial charge in [0.15, 0.2) is 5.78 Å². The molecule has 1 saturated carbocycles. The number of aromatic nitrogens is 1. The number of Topliss-reactive ketones (excluding diaryl/α,β-unsaturated/α-hetero) is 1. The zero-order valence-corrected chi connectivity index (χ0v) is 13.2. The summed E-state index contributed by atoms with van der Waals surface area (Å²) in [6.45, 7) is 2.10. The fraction of sp³-hybridized carbons (Fsp3) is 0.474. The number of benzene rings is 1. The van der Waals surface area contributed by atoms with Crippen LogP contribution in [0.1, 0.15) is 62.2 Å². The molecule has 1 aromatic heterocycles. The lowest BCUT2D eigenvalue weighted by Crippen LogP contribution is -2.12. The summed E-state index contributed by atoms with van der Waals surface area (Å²) in [4.78, 5) is 16.8. The standard InChI is InChI=1S/C19H23NO2/c1-2-3-10-17(21)15-12-14-7-6-11-20-19(14)18(13-15)22-16-8-4-5-9-16/h6-7,11-13,16H,2-5,8-10H2,1H3. The maximum absolute atomic E-state index is 12.4. The van der Waals surface area contributed by atoms with E-state index in [4.69, 9.17) is 4.74 Å². The van der Waals surface area contributed by atoms with Crippen molar-refractivity contribution in [1.29, 1.82) is 0 Å². The molecule has 1 aliphatic carbocycles. The van der Waals surface area contributed by atoms with E-state index in [1.165, 1.54) is 12.8 Å². The van der Waals surface area contributed by atoms with Crippen molar-refractivity contribution in [2.24, 2.45) is 0 Å². The molecule has 0 aliphatic heterocycles. The number of hydrogen-bond acceptors (Lipinski definition) is 3. The number of rotatable bonds is 6. The average molecular weight is 297 g/mol. The van der Waals surface area contributed by atoms with E-state index in [0.29, 0.717) is 6.42 Å². The monoisotopic (exact) mass is 297 g/mol. The Morgan fingerprint density at radius 2 is 2.14 bits per heavy atom. The number of fused-ring (bicyclic) bond motifs is 1. The number of ketones is 1. The number of carbonyl (C=O) groups is 1. The molecular formula is C19H23NO2. The van der Waals surface area contributed by atoms with Crippen molar-refractivity contribution in [1.82, 2.24) is 4.98 Å². The third-order valence-corrected chi connectivity index (χ3v) is 4.35. The molecule has 3 nitrogen and oxygen atoms in total. The number of ether oxygens (including phenoxy) is 1. The van der Waals surface area contributed by atoms with Crippen molar-refractivity contribution in [2.45, 2.75) is 58.0 Å². The third kappa shape index (κ3) is 3.29. The van der Waals surface area contributed by atoms with Gasteiger partial charge in [0.05, 0.1) is 6.10 Å². The van der Waals surface area contributed by atoms with Crippen LogP contribution in [0.3, 0.4) is 0 Å². The SMILES string of the molecule is CCCCC(=O)c1cc(OC2CCCC2)c2ncccc2c1. The Kier molecular flexibility index (Phi) is 4.71. The van der Waals surface area contributed by atoms with E-state index in [1.54, 1.807) is 6.20 Å². The normalized spacial score (nSPS) is 15.3. The van der Waals surface area contributed by atoms with Crippen LogP contribution in [0, 0.1) is 0 Å². The molecule has 3 rings (SSSR count). The Labute approximate surface area is 131 Å². The lowest BCUT2D eigenvalue weighted by atomic mass is 10.0. The van der Waals surface area contributed by atoms with Gasteiger partial charge in [0.2, 0.25) is 0 Å². The number of nitrogens with zero attached hydrogens (tertiary/aromatic N) is 1. The summed E-state index contributed by atoms with van der Waals surface area (Å²) < 4.78 is 6.17. The van der Waals surface area contributed by atoms with Crippen LogP contribution < -0.4 is 4.74 Å². The Bertz CT molecular complexity index is 660. The second kappa shape index (κ2) is 6.91. The van der Waals surface area contributed by atoms with Crippen LogP contribution >= 0.6 is 0 Å². The summed E-state index contributed by atoms with van der Waals surface area (Å²) >= 11 is 0. The van der Waals surface area contributed by atoms with Crippen LogP contribution in [0.2, 0.25) is 0 Å². The number of unbranched alkanes of at least 4 members (excludes halogenated alkanes) is 1. The highest BCUT2D eigenvalue weighted by molar-refractivity contribution is 6.01. The zero-order valence-electron chi connectivity index (χ0n) is 13.2. The van der Waals surface area contributed by atoms with Crippen molar-refractivity contribution in [2.75, 3.05) is 0 Å². The maximum Gasteiger partial charge on any atom is 0.163 e. The smallest absolute Gasteiger partial charge is 0.163 e. The summed E-state index contributed by atoms with van der Waals surface area (Å²) in [6.07, 6.45) is 9.27. The first-order chi connectivity index (χ1) is 10.8. The van der Waals surface area contributed by atoms with Gasteiger partial charge in [0.25, 0.3) is 0 Å². The summed E-state index contributed by atoms with van der Waals surface area (Å²) in [5.74, 6) is 0.966. The number of hydrogen-bond donors (Lipinski definition) is 0. The largest absolute Gasteiger partial charge is 0.488 e. The number of carbonyl (C=O) groups excluding carboxylic acids is 1. The minimum Gasteiger partial charge on any atom is -0.488 e. The predicted octanol–water partition coefficient (Wildman–Crippen LogP) is 4.93. The van der Waals surface area contributed by atoms with Crippen LogP contribution in [-0.2, 0) is 0 Å². The summed E-state index contributed by atoms with van der Waals surface area (Å²) in [5.41, 5.74) is 1.61. The molecule has 0 radical (unpaired) electrons. The van der Waals surface area contributed by atoms with E-state index in [2.05, 4.69) is 11.9 Å². The molecule has 2 aromatic rings. The summed E-state index contributed by atoms with van der Waals surface area (Å²) in [6, 6.07) is 7.75. The molecule has 0 N–H and O–H groups in total. The molecule has 0 spiro atoms. The molecule has 116 valence electrons. The second-order valence-electron chi connectivity index (χ2n) is 6.10. The average Bonchev–Trinajstić information content (AvgIpc) is 3.05. The van der Waals surface area contributed by atoms with E-state index in [0.717, 1.165) is 47.9 Å². The van der Waals surface area contributed by atoms with E-state index in [1.807, 2.05) is 24.3 Å². The quantitative estimate of drug-likeness (QED) is 0.710. The fourth-order valence-electron chi connectivity index (χ4n) is 3.08. The van der Waals surface area contributed by atoms with E-state index >= 15 is 0 Å². The topological polar surface area (TPSA) is 39.2 Å². The molecule has 0 saturated heterocycles. The molecule has 1 aromatic carbocycles. The number of pyridine rings is 1. The predicted molar refractivity (Wildman–Crippen MR) is 88.5 cm³/mol. The highest BCUT2D eigenvalue weighted by Crippen LogP contribution is 2.31. The molecule has 0 atom stereocenters. The molecule has 1 aliphatic rings. The fourth-order valence-corrected chi connectivity index (χ4v) is 3.08. The zero-order chi connectivity index (χ0) is 15.4. The highest BCUT2D eigenvalue weighted by Gasteiger charge is 2.19. The molecule has 3 heteroatoms. The highest BCUT2D eigenvalue weighted by atomic mass is 16.5. The minimum atomic E-state index is 0.198. The molecular weight excluding hydrogens is 274 g/mol. The first-order valence-electron chi connectivity index (χ1n) is 8.36. The first kappa shape index (κ1) is 15.0. The van der Waals surface area contributed by atoms with E-state index in [-0.39, 0.29) is 11.9 Å². The van der Waals surface area contributed by atoms with Gasteiger partial charge in [-0.1, -0.05) is 19.4 Å². The van der Waals surface area contributed by atoms with Crippen molar-refractivity contribution < 1.29 is 9.53 Å². The van der Waals surface area contributed by atoms with Gasteiger partial charge in [-0.25, -0.2) is 0 Å². The van der Waals surface area contributed by atoms with Gasteiger partial charge in [0, 0.05) is 23.6 Å². The van der Waals surface area contributed by atoms with Crippen molar-refractivity contribution in [3.05, 3.63) is 36.0 Å². The Hall–Kier alpha value is -1.90. The third-order valence-electron chi connectivity index (χ3n) is 4.35. The Morgan fingerprint density at radius 1 is 1.32 bits per heavy atom. The maximum atomic E-state index is 12.4. The van der Waals surface area contributed by atoms with E-state index < -0.39 is 0 Å². The van der Waals surface area contributed by atoms with Crippen molar-refractivity contribution in [3.8, 4) is 5.75 Å². The Morgan fingerprint density at radius 3 is 2.91 bits per heavy atom. The minimum absolute atomic E-state index is 0.198. The second-order valence-corrected chi connectivity index (χ2v) is 6.10. The molecule has 0 unspecified atom stereocenters. The van der Waals surface area contributed by atoms with Crippen LogP contribution in [-0.4, -0.2) is 16.9 Å². The van der Waals surface area contributed by atoms with Gasteiger partial charge in [-0.3, -0.25) is 9.78 Å². The first-order valence-corrected chi connectivity index (χ1v) is 8.36. The molecule has 0 bridgehead atoms. The lowest BCUT2D eigenvalue weighted by Gasteiger charge is -2.15. The van der Waals surface area contributed by atoms with Crippen LogP contribution in [0.5, 0.6) is 5.75 Å². The van der Waals surface area contributed by atoms with Crippen molar-refractivity contribution in [3.63, 3.8) is 0 Å². The van der Waals surface area contributed by atoms with Gasteiger partial charge in [-0.2, -0.15) is 0 Å². The molecule has 22 heavy (non-hydrogen) atoms. The van der Waals surface area contributed by atoms with Crippen LogP contribution in [0.4, 0.5) is 0 Å². The molecule has 1 fully saturated rings. The van der Waals surface area contributed by atoms with Gasteiger partial charge in [-0.15, -0.1) is 0 Å².